The zero-order valence-corrected chi connectivity index (χ0v) is 24.1. The highest BCUT2D eigenvalue weighted by Gasteiger charge is 2.45. The smallest absolute Gasteiger partial charge is 0.225 e. The van der Waals surface area contributed by atoms with Gasteiger partial charge < -0.3 is 9.88 Å². The molecule has 214 valence electrons. The minimum absolute atomic E-state index is 0.00753. The second-order valence-corrected chi connectivity index (χ2v) is 11.4. The number of pyridine rings is 3. The molecule has 0 atom stereocenters. The van der Waals surface area contributed by atoms with Gasteiger partial charge in [-0.1, -0.05) is 60.7 Å². The summed E-state index contributed by atoms with van der Waals surface area (Å²) in [5.74, 6) is 0.693. The van der Waals surface area contributed by atoms with Gasteiger partial charge in [0.05, 0.1) is 29.5 Å². The van der Waals surface area contributed by atoms with Crippen molar-refractivity contribution in [2.45, 2.75) is 24.8 Å². The predicted molar refractivity (Wildman–Crippen MR) is 168 cm³/mol. The summed E-state index contributed by atoms with van der Waals surface area (Å²) in [4.78, 5) is 26.6. The van der Waals surface area contributed by atoms with E-state index in [-0.39, 0.29) is 11.4 Å². The number of hydrogen-bond donors (Lipinski definition) is 1. The summed E-state index contributed by atoms with van der Waals surface area (Å²) in [5.41, 5.74) is 7.97. The molecule has 0 radical (unpaired) electrons. The molecule has 8 rings (SSSR count). The third-order valence-corrected chi connectivity index (χ3v) is 8.32. The van der Waals surface area contributed by atoms with Crippen molar-refractivity contribution in [1.82, 2.24) is 39.4 Å². The molecule has 1 amide bonds. The van der Waals surface area contributed by atoms with E-state index >= 15 is 0 Å². The number of carbonyl (C=O) groups excluding carboxylic acids is 1. The highest BCUT2D eigenvalue weighted by molar-refractivity contribution is 5.98. The van der Waals surface area contributed by atoms with Gasteiger partial charge in [-0.15, -0.1) is 10.2 Å². The first-order valence-electron chi connectivity index (χ1n) is 14.6. The standard InChI is InChI=1S/C35H28N8O/c1-42-21-30(37-22-42)34-41-40-33-28-19-27(24-7-3-2-4-8-24)32(38-29(28)13-17-43(33)34)25-9-11-26(12-10-25)35(14-15-35)39-31(44)18-23-6-5-16-36-20-23/h2-13,16-17,19-22H,14-15,18H2,1H3,(H,39,44). The lowest BCUT2D eigenvalue weighted by Crippen LogP contribution is -2.35. The van der Waals surface area contributed by atoms with E-state index in [4.69, 9.17) is 4.98 Å². The van der Waals surface area contributed by atoms with Crippen LogP contribution in [0.1, 0.15) is 24.0 Å². The molecular weight excluding hydrogens is 548 g/mol. The van der Waals surface area contributed by atoms with Gasteiger partial charge in [-0.3, -0.25) is 14.2 Å². The van der Waals surface area contributed by atoms with Crippen molar-refractivity contribution in [3.8, 4) is 33.9 Å². The Balaban J connectivity index is 1.17. The number of imidazole rings is 1. The van der Waals surface area contributed by atoms with E-state index in [1.807, 2.05) is 64.8 Å². The number of aryl methyl sites for hydroxylation is 1. The molecule has 1 aliphatic rings. The van der Waals surface area contributed by atoms with Gasteiger partial charge in [-0.05, 0) is 47.7 Å². The molecular formula is C35H28N8O. The number of nitrogens with zero attached hydrogens (tertiary/aromatic N) is 7. The Hall–Kier alpha value is -5.70. The van der Waals surface area contributed by atoms with Gasteiger partial charge in [0.2, 0.25) is 5.91 Å². The molecule has 0 bridgehead atoms. The molecule has 1 N–H and O–H groups in total. The zero-order valence-electron chi connectivity index (χ0n) is 24.1. The van der Waals surface area contributed by atoms with E-state index in [1.54, 1.807) is 18.7 Å². The fourth-order valence-corrected chi connectivity index (χ4v) is 5.91. The molecule has 5 aromatic heterocycles. The van der Waals surface area contributed by atoms with Crippen molar-refractivity contribution >= 4 is 22.5 Å². The van der Waals surface area contributed by atoms with Crippen LogP contribution in [0.15, 0.2) is 110 Å². The number of rotatable bonds is 7. The van der Waals surface area contributed by atoms with E-state index in [9.17, 15) is 4.79 Å². The number of aromatic nitrogens is 7. The highest BCUT2D eigenvalue weighted by Crippen LogP contribution is 2.46. The Morgan fingerprint density at radius 1 is 0.955 bits per heavy atom. The summed E-state index contributed by atoms with van der Waals surface area (Å²) in [6.07, 6.45) is 11.3. The first kappa shape index (κ1) is 26.0. The Bertz CT molecular complexity index is 2150. The maximum absolute atomic E-state index is 12.9. The number of amides is 1. The monoisotopic (exact) mass is 576 g/mol. The lowest BCUT2D eigenvalue weighted by Gasteiger charge is -2.19. The van der Waals surface area contributed by atoms with Gasteiger partial charge in [0.1, 0.15) is 5.69 Å². The first-order chi connectivity index (χ1) is 21.6. The van der Waals surface area contributed by atoms with Gasteiger partial charge in [0, 0.05) is 48.3 Å². The first-order valence-corrected chi connectivity index (χ1v) is 14.6. The molecule has 7 aromatic rings. The topological polar surface area (TPSA) is 103 Å². The SMILES string of the molecule is Cn1cnc(-c2nnc3c4cc(-c5ccccc5)c(-c5ccc(C6(NC(=O)Cc7cccnc7)CC6)cc5)nc4ccn23)c1. The third-order valence-electron chi connectivity index (χ3n) is 8.32. The number of benzene rings is 2. The van der Waals surface area contributed by atoms with E-state index in [0.717, 1.165) is 68.6 Å². The number of hydrogen-bond acceptors (Lipinski definition) is 6. The molecule has 1 saturated carbocycles. The van der Waals surface area contributed by atoms with Gasteiger partial charge in [-0.25, -0.2) is 9.97 Å². The molecule has 44 heavy (non-hydrogen) atoms. The molecule has 0 spiro atoms. The van der Waals surface area contributed by atoms with Gasteiger partial charge in [0.15, 0.2) is 11.5 Å². The van der Waals surface area contributed by atoms with E-state index in [0.29, 0.717) is 12.2 Å². The third kappa shape index (κ3) is 4.59. The second kappa shape index (κ2) is 10.2. The molecule has 0 unspecified atom stereocenters. The van der Waals surface area contributed by atoms with Crippen LogP contribution >= 0.6 is 0 Å². The molecule has 0 aliphatic heterocycles. The second-order valence-electron chi connectivity index (χ2n) is 11.4. The van der Waals surface area contributed by atoms with E-state index in [2.05, 4.69) is 67.9 Å². The maximum Gasteiger partial charge on any atom is 0.225 e. The highest BCUT2D eigenvalue weighted by atomic mass is 16.1. The molecule has 9 heteroatoms. The quantitative estimate of drug-likeness (QED) is 0.259. The van der Waals surface area contributed by atoms with Crippen LogP contribution in [0.25, 0.3) is 50.5 Å². The molecule has 1 fully saturated rings. The van der Waals surface area contributed by atoms with Crippen LogP contribution in [0.4, 0.5) is 0 Å². The molecule has 5 heterocycles. The van der Waals surface area contributed by atoms with Gasteiger partial charge in [0.25, 0.3) is 0 Å². The van der Waals surface area contributed by atoms with Crippen molar-refractivity contribution in [1.29, 1.82) is 0 Å². The lowest BCUT2D eigenvalue weighted by molar-refractivity contribution is -0.121. The number of fused-ring (bicyclic) bond motifs is 3. The van der Waals surface area contributed by atoms with Gasteiger partial charge >= 0.3 is 0 Å². The van der Waals surface area contributed by atoms with Crippen molar-refractivity contribution in [3.05, 3.63) is 121 Å². The maximum atomic E-state index is 12.9. The average molecular weight is 577 g/mol. The Morgan fingerprint density at radius 3 is 2.52 bits per heavy atom. The van der Waals surface area contributed by atoms with Crippen molar-refractivity contribution < 1.29 is 4.79 Å². The summed E-state index contributed by atoms with van der Waals surface area (Å²) in [6.45, 7) is 0. The Labute approximate surface area is 253 Å². The summed E-state index contributed by atoms with van der Waals surface area (Å²) in [6, 6.07) is 26.7. The van der Waals surface area contributed by atoms with Gasteiger partial charge in [-0.2, -0.15) is 0 Å². The Kier molecular flexibility index (Phi) is 6.04. The van der Waals surface area contributed by atoms with Crippen LogP contribution in [-0.4, -0.2) is 40.0 Å². The number of carbonyl (C=O) groups is 1. The average Bonchev–Trinajstić information content (AvgIpc) is 3.49. The summed E-state index contributed by atoms with van der Waals surface area (Å²) < 4.78 is 3.86. The summed E-state index contributed by atoms with van der Waals surface area (Å²) >= 11 is 0. The van der Waals surface area contributed by atoms with E-state index < -0.39 is 0 Å². The van der Waals surface area contributed by atoms with E-state index in [1.165, 1.54) is 0 Å². The lowest BCUT2D eigenvalue weighted by atomic mass is 9.95. The fourth-order valence-electron chi connectivity index (χ4n) is 5.91. The molecule has 2 aromatic carbocycles. The van der Waals surface area contributed by atoms with Crippen LogP contribution in [0.5, 0.6) is 0 Å². The predicted octanol–water partition coefficient (Wildman–Crippen LogP) is 5.76. The van der Waals surface area contributed by atoms with Crippen molar-refractivity contribution in [2.75, 3.05) is 0 Å². The van der Waals surface area contributed by atoms with Crippen LogP contribution in [0.2, 0.25) is 0 Å². The minimum Gasteiger partial charge on any atom is -0.346 e. The van der Waals surface area contributed by atoms with Crippen molar-refractivity contribution in [2.24, 2.45) is 7.05 Å². The molecule has 1 aliphatic carbocycles. The van der Waals surface area contributed by atoms with Crippen LogP contribution in [0.3, 0.4) is 0 Å². The normalized spacial score (nSPS) is 13.8. The van der Waals surface area contributed by atoms with Crippen LogP contribution < -0.4 is 5.32 Å². The number of nitrogens with one attached hydrogen (secondary N) is 1. The molecule has 9 nitrogen and oxygen atoms in total. The van der Waals surface area contributed by atoms with Crippen LogP contribution in [-0.2, 0) is 23.8 Å². The fraction of sp³-hybridized carbons (Fsp3) is 0.143. The van der Waals surface area contributed by atoms with Crippen molar-refractivity contribution in [3.63, 3.8) is 0 Å². The Morgan fingerprint density at radius 2 is 1.80 bits per heavy atom. The van der Waals surface area contributed by atoms with Crippen LogP contribution in [0, 0.1) is 0 Å². The summed E-state index contributed by atoms with van der Waals surface area (Å²) in [5, 5.41) is 13.2. The largest absolute Gasteiger partial charge is 0.346 e. The molecule has 0 saturated heterocycles. The zero-order chi connectivity index (χ0) is 29.7. The summed E-state index contributed by atoms with van der Waals surface area (Å²) in [7, 11) is 1.93. The minimum atomic E-state index is -0.318.